The van der Waals surface area contributed by atoms with Crippen molar-refractivity contribution in [3.8, 4) is 0 Å². The zero-order valence-corrected chi connectivity index (χ0v) is 18.2. The van der Waals surface area contributed by atoms with Crippen LogP contribution in [0.1, 0.15) is 37.3 Å². The minimum absolute atomic E-state index is 0.00784. The summed E-state index contributed by atoms with van der Waals surface area (Å²) in [7, 11) is -3.02. The van der Waals surface area contributed by atoms with E-state index in [1.807, 2.05) is 45.0 Å². The van der Waals surface area contributed by atoms with Crippen molar-refractivity contribution >= 4 is 21.7 Å². The summed E-state index contributed by atoms with van der Waals surface area (Å²) in [4.78, 5) is 32.0. The van der Waals surface area contributed by atoms with Gasteiger partial charge in [0.15, 0.2) is 9.84 Å². The van der Waals surface area contributed by atoms with Crippen molar-refractivity contribution in [3.63, 3.8) is 0 Å². The van der Waals surface area contributed by atoms with E-state index in [9.17, 15) is 18.0 Å². The Morgan fingerprint density at radius 3 is 2.00 bits per heavy atom. The fourth-order valence-corrected chi connectivity index (χ4v) is 6.11. The Bertz CT molecular complexity index is 846. The van der Waals surface area contributed by atoms with Crippen molar-refractivity contribution in [2.45, 2.75) is 31.7 Å². The van der Waals surface area contributed by atoms with Gasteiger partial charge in [-0.05, 0) is 18.4 Å². The summed E-state index contributed by atoms with van der Waals surface area (Å²) in [6, 6.07) is 9.14. The van der Waals surface area contributed by atoms with Crippen LogP contribution in [0.15, 0.2) is 30.3 Å². The molecule has 3 aliphatic rings. The third kappa shape index (κ3) is 4.70. The zero-order chi connectivity index (χ0) is 21.1. The second kappa shape index (κ2) is 9.06. The summed E-state index contributed by atoms with van der Waals surface area (Å²) in [5, 5.41) is 0. The van der Waals surface area contributed by atoms with Crippen molar-refractivity contribution in [3.05, 3.63) is 35.9 Å². The van der Waals surface area contributed by atoms with Gasteiger partial charge in [0.05, 0.1) is 11.5 Å². The average molecular weight is 434 g/mol. The quantitative estimate of drug-likeness (QED) is 0.716. The monoisotopic (exact) mass is 433 g/mol. The van der Waals surface area contributed by atoms with E-state index in [-0.39, 0.29) is 29.2 Å². The molecule has 0 N–H and O–H groups in total. The normalized spacial score (nSPS) is 24.0. The number of sulfone groups is 1. The van der Waals surface area contributed by atoms with Gasteiger partial charge >= 0.3 is 0 Å². The molecular formula is C22H31N3O4S. The van der Waals surface area contributed by atoms with E-state index in [0.717, 1.165) is 31.2 Å². The fraction of sp³-hybridized carbons (Fsp3) is 0.636. The van der Waals surface area contributed by atoms with Crippen LogP contribution in [-0.2, 0) is 19.4 Å². The minimum Gasteiger partial charge on any atom is -0.339 e. The van der Waals surface area contributed by atoms with Gasteiger partial charge in [0, 0.05) is 45.2 Å². The molecular weight excluding hydrogens is 402 g/mol. The number of rotatable bonds is 4. The summed E-state index contributed by atoms with van der Waals surface area (Å²) < 4.78 is 23.8. The lowest BCUT2D eigenvalue weighted by Crippen LogP contribution is -2.55. The molecule has 164 valence electrons. The lowest BCUT2D eigenvalue weighted by Gasteiger charge is -2.40. The van der Waals surface area contributed by atoms with Crippen molar-refractivity contribution in [1.82, 2.24) is 14.7 Å². The lowest BCUT2D eigenvalue weighted by molar-refractivity contribution is -0.145. The molecule has 1 aromatic carbocycles. The van der Waals surface area contributed by atoms with Crippen molar-refractivity contribution < 1.29 is 18.0 Å². The molecule has 1 atom stereocenters. The zero-order valence-electron chi connectivity index (χ0n) is 17.4. The first-order chi connectivity index (χ1) is 14.4. The molecule has 1 saturated carbocycles. The van der Waals surface area contributed by atoms with Gasteiger partial charge in [0.25, 0.3) is 0 Å². The van der Waals surface area contributed by atoms with E-state index in [0.29, 0.717) is 39.3 Å². The topological polar surface area (TPSA) is 78.0 Å². The highest BCUT2D eigenvalue weighted by Crippen LogP contribution is 2.28. The number of hydrogen-bond donors (Lipinski definition) is 0. The number of carbonyl (C=O) groups is 2. The predicted octanol–water partition coefficient (Wildman–Crippen LogP) is 1.32. The Morgan fingerprint density at radius 2 is 1.40 bits per heavy atom. The van der Waals surface area contributed by atoms with Crippen LogP contribution >= 0.6 is 0 Å². The number of nitrogens with zero attached hydrogens (tertiary/aromatic N) is 3. The van der Waals surface area contributed by atoms with Crippen LogP contribution in [0.25, 0.3) is 0 Å². The standard InChI is InChI=1S/C22H31N3O4S/c26-21(19-8-4-5-9-19)24-10-12-25(13-11-24)22(27)20(18-6-2-1-3-7-18)23-14-16-30(28,29)17-15-23/h1-3,6-7,19-20H,4-5,8-17H2. The third-order valence-corrected chi connectivity index (χ3v) is 8.31. The number of carbonyl (C=O) groups excluding carboxylic acids is 2. The Morgan fingerprint density at radius 1 is 0.833 bits per heavy atom. The highest BCUT2D eigenvalue weighted by Gasteiger charge is 2.37. The predicted molar refractivity (Wildman–Crippen MR) is 115 cm³/mol. The summed E-state index contributed by atoms with van der Waals surface area (Å²) >= 11 is 0. The maximum Gasteiger partial charge on any atom is 0.244 e. The number of piperazine rings is 1. The van der Waals surface area contributed by atoms with E-state index in [1.54, 1.807) is 0 Å². The maximum atomic E-state index is 13.5. The van der Waals surface area contributed by atoms with Crippen molar-refractivity contribution in [1.29, 1.82) is 0 Å². The van der Waals surface area contributed by atoms with Gasteiger partial charge in [-0.3, -0.25) is 14.5 Å². The first-order valence-electron chi connectivity index (χ1n) is 11.0. The molecule has 8 heteroatoms. The summed E-state index contributed by atoms with van der Waals surface area (Å²) in [6.45, 7) is 2.97. The fourth-order valence-electron chi connectivity index (χ4n) is 4.88. The van der Waals surface area contributed by atoms with Gasteiger partial charge in [-0.15, -0.1) is 0 Å². The second-order valence-electron chi connectivity index (χ2n) is 8.63. The molecule has 2 saturated heterocycles. The molecule has 0 aromatic heterocycles. The molecule has 0 radical (unpaired) electrons. The maximum absolute atomic E-state index is 13.5. The van der Waals surface area contributed by atoms with Crippen LogP contribution in [0.4, 0.5) is 0 Å². The van der Waals surface area contributed by atoms with Gasteiger partial charge in [-0.2, -0.15) is 0 Å². The van der Waals surface area contributed by atoms with E-state index in [4.69, 9.17) is 0 Å². The van der Waals surface area contributed by atoms with Crippen LogP contribution < -0.4 is 0 Å². The smallest absolute Gasteiger partial charge is 0.244 e. The van der Waals surface area contributed by atoms with E-state index >= 15 is 0 Å². The Labute approximate surface area is 178 Å². The van der Waals surface area contributed by atoms with Gasteiger partial charge in [-0.25, -0.2) is 8.42 Å². The molecule has 2 amide bonds. The first-order valence-corrected chi connectivity index (χ1v) is 12.8. The van der Waals surface area contributed by atoms with Crippen LogP contribution in [0.3, 0.4) is 0 Å². The van der Waals surface area contributed by atoms with E-state index < -0.39 is 15.9 Å². The lowest BCUT2D eigenvalue weighted by atomic mass is 10.0. The Balaban J connectivity index is 1.44. The minimum atomic E-state index is -3.02. The van der Waals surface area contributed by atoms with Gasteiger partial charge in [-0.1, -0.05) is 43.2 Å². The largest absolute Gasteiger partial charge is 0.339 e. The van der Waals surface area contributed by atoms with Crippen molar-refractivity contribution in [2.24, 2.45) is 5.92 Å². The van der Waals surface area contributed by atoms with Crippen LogP contribution in [0.2, 0.25) is 0 Å². The summed E-state index contributed by atoms with van der Waals surface area (Å²) in [6.07, 6.45) is 4.26. The van der Waals surface area contributed by atoms with Crippen molar-refractivity contribution in [2.75, 3.05) is 50.8 Å². The molecule has 1 aromatic rings. The molecule has 0 spiro atoms. The average Bonchev–Trinajstić information content (AvgIpc) is 3.30. The van der Waals surface area contributed by atoms with Crippen LogP contribution in [-0.4, -0.2) is 85.7 Å². The summed E-state index contributed by atoms with van der Waals surface area (Å²) in [5.74, 6) is 0.606. The number of amides is 2. The van der Waals surface area contributed by atoms with Gasteiger partial charge in [0.1, 0.15) is 6.04 Å². The first kappa shape index (κ1) is 21.3. The van der Waals surface area contributed by atoms with Gasteiger partial charge in [0.2, 0.25) is 11.8 Å². The van der Waals surface area contributed by atoms with E-state index in [1.165, 1.54) is 0 Å². The summed E-state index contributed by atoms with van der Waals surface area (Å²) in [5.41, 5.74) is 0.895. The Hall–Kier alpha value is -1.93. The molecule has 3 fully saturated rings. The van der Waals surface area contributed by atoms with Crippen LogP contribution in [0, 0.1) is 5.92 Å². The highest BCUT2D eigenvalue weighted by molar-refractivity contribution is 7.91. The SMILES string of the molecule is O=C(C1CCCC1)N1CCN(C(=O)C(c2ccccc2)N2CCS(=O)(=O)CC2)CC1. The number of benzene rings is 1. The van der Waals surface area contributed by atoms with Gasteiger partial charge < -0.3 is 9.80 Å². The molecule has 1 unspecified atom stereocenters. The molecule has 2 aliphatic heterocycles. The highest BCUT2D eigenvalue weighted by atomic mass is 32.2. The molecule has 1 aliphatic carbocycles. The second-order valence-corrected chi connectivity index (χ2v) is 10.9. The third-order valence-electron chi connectivity index (χ3n) is 6.70. The molecule has 4 rings (SSSR count). The van der Waals surface area contributed by atoms with Crippen LogP contribution in [0.5, 0.6) is 0 Å². The number of hydrogen-bond acceptors (Lipinski definition) is 5. The van der Waals surface area contributed by atoms with E-state index in [2.05, 4.69) is 0 Å². The molecule has 2 heterocycles. The molecule has 0 bridgehead atoms. The molecule has 7 nitrogen and oxygen atoms in total. The molecule has 30 heavy (non-hydrogen) atoms. The Kier molecular flexibility index (Phi) is 6.43.